The first kappa shape index (κ1) is 18.1. The van der Waals surface area contributed by atoms with Gasteiger partial charge in [-0.05, 0) is 56.1 Å². The van der Waals surface area contributed by atoms with Gasteiger partial charge >= 0.3 is 0 Å². The van der Waals surface area contributed by atoms with Crippen molar-refractivity contribution in [1.29, 1.82) is 0 Å². The van der Waals surface area contributed by atoms with Crippen molar-refractivity contribution in [3.63, 3.8) is 0 Å². The molecule has 0 bridgehead atoms. The quantitative estimate of drug-likeness (QED) is 0.771. The smallest absolute Gasteiger partial charge is 0.255 e. The van der Waals surface area contributed by atoms with Gasteiger partial charge in [0.2, 0.25) is 5.91 Å². The van der Waals surface area contributed by atoms with E-state index < -0.39 is 0 Å². The largest absolute Gasteiger partial charge is 0.352 e. The Kier molecular flexibility index (Phi) is 5.96. The van der Waals surface area contributed by atoms with Crippen LogP contribution in [0.25, 0.3) is 0 Å². The Morgan fingerprint density at radius 2 is 1.88 bits per heavy atom. The standard InChI is InChI=1S/C20H24N4O2/c1-14-12-17(6-11-22-14)19(25)23-13-15-2-4-16(5-3-15)20(26)24-18-7-9-21-10-8-18/h2-5,7-10,14,17,22H,6,11-13H2,1H3,(H,23,25)(H,21,24,26)/t14-,17-/m0/s1. The number of pyridine rings is 1. The van der Waals surface area contributed by atoms with Gasteiger partial charge in [-0.1, -0.05) is 12.1 Å². The van der Waals surface area contributed by atoms with Crippen molar-refractivity contribution < 1.29 is 9.59 Å². The molecule has 1 aliphatic heterocycles. The molecule has 2 atom stereocenters. The highest BCUT2D eigenvalue weighted by Crippen LogP contribution is 2.16. The highest BCUT2D eigenvalue weighted by Gasteiger charge is 2.24. The van der Waals surface area contributed by atoms with Gasteiger partial charge in [-0.25, -0.2) is 0 Å². The number of nitrogens with zero attached hydrogens (tertiary/aromatic N) is 1. The predicted molar refractivity (Wildman–Crippen MR) is 101 cm³/mol. The lowest BCUT2D eigenvalue weighted by Crippen LogP contribution is -2.42. The lowest BCUT2D eigenvalue weighted by molar-refractivity contribution is -0.126. The minimum atomic E-state index is -0.171. The second-order valence-corrected chi connectivity index (χ2v) is 6.68. The molecular formula is C20H24N4O2. The van der Waals surface area contributed by atoms with Crippen molar-refractivity contribution >= 4 is 17.5 Å². The Bertz CT molecular complexity index is 746. The van der Waals surface area contributed by atoms with E-state index in [9.17, 15) is 9.59 Å². The number of rotatable bonds is 5. The lowest BCUT2D eigenvalue weighted by atomic mass is 9.92. The molecule has 6 heteroatoms. The normalized spacial score (nSPS) is 19.6. The molecule has 0 radical (unpaired) electrons. The third kappa shape index (κ3) is 4.89. The van der Waals surface area contributed by atoms with Crippen LogP contribution in [-0.2, 0) is 11.3 Å². The Labute approximate surface area is 153 Å². The fourth-order valence-electron chi connectivity index (χ4n) is 3.12. The highest BCUT2D eigenvalue weighted by molar-refractivity contribution is 6.04. The van der Waals surface area contributed by atoms with E-state index in [1.807, 2.05) is 12.1 Å². The Balaban J connectivity index is 1.51. The van der Waals surface area contributed by atoms with Gasteiger partial charge in [-0.15, -0.1) is 0 Å². The maximum absolute atomic E-state index is 12.3. The zero-order chi connectivity index (χ0) is 18.4. The van der Waals surface area contributed by atoms with Crippen molar-refractivity contribution in [1.82, 2.24) is 15.6 Å². The van der Waals surface area contributed by atoms with Crippen molar-refractivity contribution in [3.05, 3.63) is 59.9 Å². The number of anilines is 1. The van der Waals surface area contributed by atoms with Crippen molar-refractivity contribution in [3.8, 4) is 0 Å². The minimum absolute atomic E-state index is 0.0802. The number of carbonyl (C=O) groups excluding carboxylic acids is 2. The molecule has 1 aromatic carbocycles. The molecule has 6 nitrogen and oxygen atoms in total. The molecule has 3 rings (SSSR count). The van der Waals surface area contributed by atoms with Crippen molar-refractivity contribution in [2.75, 3.05) is 11.9 Å². The van der Waals surface area contributed by atoms with E-state index in [0.29, 0.717) is 23.8 Å². The molecule has 0 aliphatic carbocycles. The molecule has 1 fully saturated rings. The van der Waals surface area contributed by atoms with Gasteiger partial charge in [0, 0.05) is 42.1 Å². The molecule has 0 unspecified atom stereocenters. The fourth-order valence-corrected chi connectivity index (χ4v) is 3.12. The van der Waals surface area contributed by atoms with Gasteiger partial charge in [0.1, 0.15) is 0 Å². The first-order valence-electron chi connectivity index (χ1n) is 8.93. The zero-order valence-corrected chi connectivity index (χ0v) is 14.9. The summed E-state index contributed by atoms with van der Waals surface area (Å²) in [6, 6.07) is 11.1. The number of benzene rings is 1. The van der Waals surface area contributed by atoms with E-state index >= 15 is 0 Å². The van der Waals surface area contributed by atoms with E-state index in [-0.39, 0.29) is 17.7 Å². The minimum Gasteiger partial charge on any atom is -0.352 e. The lowest BCUT2D eigenvalue weighted by Gasteiger charge is -2.27. The number of nitrogens with one attached hydrogen (secondary N) is 3. The molecule has 1 aromatic heterocycles. The Hall–Kier alpha value is -2.73. The van der Waals surface area contributed by atoms with Crippen LogP contribution in [0.2, 0.25) is 0 Å². The monoisotopic (exact) mass is 352 g/mol. The van der Waals surface area contributed by atoms with Crippen LogP contribution in [0.1, 0.15) is 35.7 Å². The van der Waals surface area contributed by atoms with E-state index in [0.717, 1.165) is 24.9 Å². The van der Waals surface area contributed by atoms with Gasteiger partial charge in [-0.2, -0.15) is 0 Å². The Morgan fingerprint density at radius 1 is 1.15 bits per heavy atom. The van der Waals surface area contributed by atoms with Crippen LogP contribution in [0, 0.1) is 5.92 Å². The summed E-state index contributed by atoms with van der Waals surface area (Å²) in [4.78, 5) is 28.4. The number of hydrogen-bond acceptors (Lipinski definition) is 4. The van der Waals surface area contributed by atoms with Crippen LogP contribution in [0.3, 0.4) is 0 Å². The summed E-state index contributed by atoms with van der Waals surface area (Å²) in [5.41, 5.74) is 2.25. The van der Waals surface area contributed by atoms with Crippen LogP contribution in [0.4, 0.5) is 5.69 Å². The maximum Gasteiger partial charge on any atom is 0.255 e. The summed E-state index contributed by atoms with van der Waals surface area (Å²) < 4.78 is 0. The molecule has 26 heavy (non-hydrogen) atoms. The molecule has 3 N–H and O–H groups in total. The third-order valence-corrected chi connectivity index (χ3v) is 4.62. The molecule has 1 aliphatic rings. The molecular weight excluding hydrogens is 328 g/mol. The number of amides is 2. The van der Waals surface area contributed by atoms with Crippen LogP contribution in [0.15, 0.2) is 48.8 Å². The molecule has 136 valence electrons. The first-order chi connectivity index (χ1) is 12.6. The number of piperidine rings is 1. The van der Waals surface area contributed by atoms with E-state index in [2.05, 4.69) is 27.9 Å². The van der Waals surface area contributed by atoms with Crippen LogP contribution in [-0.4, -0.2) is 29.4 Å². The first-order valence-corrected chi connectivity index (χ1v) is 8.93. The highest BCUT2D eigenvalue weighted by atomic mass is 16.2. The summed E-state index contributed by atoms with van der Waals surface area (Å²) in [5, 5.41) is 9.18. The molecule has 2 heterocycles. The SMILES string of the molecule is C[C@H]1C[C@@H](C(=O)NCc2ccc(C(=O)Nc3ccncc3)cc2)CCN1. The van der Waals surface area contributed by atoms with Crippen LogP contribution < -0.4 is 16.0 Å². The van der Waals surface area contributed by atoms with Crippen molar-refractivity contribution in [2.24, 2.45) is 5.92 Å². The van der Waals surface area contributed by atoms with Gasteiger partial charge in [-0.3, -0.25) is 14.6 Å². The summed E-state index contributed by atoms with van der Waals surface area (Å²) in [7, 11) is 0. The average Bonchev–Trinajstić information content (AvgIpc) is 2.67. The number of carbonyl (C=O) groups is 2. The molecule has 1 saturated heterocycles. The van der Waals surface area contributed by atoms with Gasteiger partial charge in [0.25, 0.3) is 5.91 Å². The predicted octanol–water partition coefficient (Wildman–Crippen LogP) is 2.34. The summed E-state index contributed by atoms with van der Waals surface area (Å²) >= 11 is 0. The third-order valence-electron chi connectivity index (χ3n) is 4.62. The molecule has 2 amide bonds. The van der Waals surface area contributed by atoms with E-state index in [1.165, 1.54) is 0 Å². The second kappa shape index (κ2) is 8.58. The second-order valence-electron chi connectivity index (χ2n) is 6.68. The van der Waals surface area contributed by atoms with Gasteiger partial charge in [0.15, 0.2) is 0 Å². The Morgan fingerprint density at radius 3 is 2.58 bits per heavy atom. The van der Waals surface area contributed by atoms with Crippen molar-refractivity contribution in [2.45, 2.75) is 32.4 Å². The fraction of sp³-hybridized carbons (Fsp3) is 0.350. The number of hydrogen-bond donors (Lipinski definition) is 3. The topological polar surface area (TPSA) is 83.1 Å². The number of aromatic nitrogens is 1. The maximum atomic E-state index is 12.3. The van der Waals surface area contributed by atoms with Crippen LogP contribution >= 0.6 is 0 Å². The van der Waals surface area contributed by atoms with Crippen LogP contribution in [0.5, 0.6) is 0 Å². The zero-order valence-electron chi connectivity index (χ0n) is 14.9. The summed E-state index contributed by atoms with van der Waals surface area (Å²) in [6.07, 6.45) is 5.01. The average molecular weight is 352 g/mol. The van der Waals surface area contributed by atoms with E-state index in [4.69, 9.17) is 0 Å². The molecule has 0 spiro atoms. The van der Waals surface area contributed by atoms with Gasteiger partial charge in [0.05, 0.1) is 0 Å². The molecule has 0 saturated carbocycles. The molecule has 2 aromatic rings. The van der Waals surface area contributed by atoms with E-state index in [1.54, 1.807) is 36.7 Å². The summed E-state index contributed by atoms with van der Waals surface area (Å²) in [5.74, 6) is 0.0185. The summed E-state index contributed by atoms with van der Waals surface area (Å²) in [6.45, 7) is 3.47. The van der Waals surface area contributed by atoms with Gasteiger partial charge < -0.3 is 16.0 Å².